The highest BCUT2D eigenvalue weighted by Crippen LogP contribution is 2.40. The zero-order valence-corrected chi connectivity index (χ0v) is 20.6. The van der Waals surface area contributed by atoms with Gasteiger partial charge in [-0.1, -0.05) is 31.2 Å². The second kappa shape index (κ2) is 11.6. The molecule has 1 N–H and O–H groups in total. The van der Waals surface area contributed by atoms with Gasteiger partial charge in [0, 0.05) is 31.0 Å². The van der Waals surface area contributed by atoms with Gasteiger partial charge in [-0.2, -0.15) is 0 Å². The molecule has 2 heterocycles. The molecule has 36 heavy (non-hydrogen) atoms. The van der Waals surface area contributed by atoms with E-state index in [4.69, 9.17) is 9.47 Å². The number of hydrogen-bond donors (Lipinski definition) is 1. The molecule has 1 fully saturated rings. The van der Waals surface area contributed by atoms with Crippen molar-refractivity contribution in [3.63, 3.8) is 0 Å². The predicted octanol–water partition coefficient (Wildman–Crippen LogP) is 4.58. The fourth-order valence-electron chi connectivity index (χ4n) is 4.32. The van der Waals surface area contributed by atoms with Crippen molar-refractivity contribution in [1.29, 1.82) is 0 Å². The molecule has 4 rings (SSSR count). The Hall–Kier alpha value is -4.07. The molecule has 8 heteroatoms. The normalized spacial score (nSPS) is 16.9. The lowest BCUT2D eigenvalue weighted by Gasteiger charge is -2.25. The maximum Gasteiger partial charge on any atom is 0.295 e. The van der Waals surface area contributed by atoms with E-state index in [9.17, 15) is 14.7 Å². The molecule has 1 atom stereocenters. The number of likely N-dealkylation sites (tertiary alicyclic amines) is 1. The van der Waals surface area contributed by atoms with Crippen LogP contribution in [0.3, 0.4) is 0 Å². The van der Waals surface area contributed by atoms with Gasteiger partial charge in [-0.15, -0.1) is 0 Å². The Morgan fingerprint density at radius 1 is 1.03 bits per heavy atom. The summed E-state index contributed by atoms with van der Waals surface area (Å²) in [6, 6.07) is 13.5. The van der Waals surface area contributed by atoms with E-state index in [0.29, 0.717) is 49.8 Å². The van der Waals surface area contributed by atoms with E-state index in [0.717, 1.165) is 12.0 Å². The van der Waals surface area contributed by atoms with Gasteiger partial charge in [-0.05, 0) is 49.6 Å². The first kappa shape index (κ1) is 25.0. The molecule has 1 aromatic heterocycles. The Kier molecular flexibility index (Phi) is 8.05. The zero-order chi connectivity index (χ0) is 25.5. The van der Waals surface area contributed by atoms with Gasteiger partial charge in [0.2, 0.25) is 0 Å². The van der Waals surface area contributed by atoms with E-state index in [1.165, 1.54) is 0 Å². The lowest BCUT2D eigenvalue weighted by Crippen LogP contribution is -2.31. The molecule has 1 aliphatic heterocycles. The third-order valence-corrected chi connectivity index (χ3v) is 6.00. The minimum absolute atomic E-state index is 0.0681. The van der Waals surface area contributed by atoms with Crippen LogP contribution in [0.4, 0.5) is 0 Å². The van der Waals surface area contributed by atoms with Crippen LogP contribution in [0.15, 0.2) is 72.8 Å². The van der Waals surface area contributed by atoms with Crippen LogP contribution in [-0.2, 0) is 16.1 Å². The summed E-state index contributed by atoms with van der Waals surface area (Å²) in [6.07, 6.45) is 6.78. The molecule has 0 radical (unpaired) electrons. The summed E-state index contributed by atoms with van der Waals surface area (Å²) in [5.41, 5.74) is 1.21. The second-order valence-corrected chi connectivity index (χ2v) is 8.52. The van der Waals surface area contributed by atoms with E-state index < -0.39 is 17.7 Å². The van der Waals surface area contributed by atoms with E-state index in [-0.39, 0.29) is 11.3 Å². The van der Waals surface area contributed by atoms with Crippen molar-refractivity contribution in [2.75, 3.05) is 19.8 Å². The van der Waals surface area contributed by atoms with E-state index in [1.807, 2.05) is 48.9 Å². The third kappa shape index (κ3) is 5.43. The molecule has 1 aliphatic rings. The summed E-state index contributed by atoms with van der Waals surface area (Å²) in [5, 5.41) is 11.3. The topological polar surface area (TPSA) is 93.9 Å². The Balaban J connectivity index is 1.71. The highest BCUT2D eigenvalue weighted by atomic mass is 16.5. The molecule has 188 valence electrons. The number of ketones is 1. The number of aryl methyl sites for hydroxylation is 1. The number of hydrogen-bond acceptors (Lipinski definition) is 6. The number of rotatable bonds is 11. The van der Waals surface area contributed by atoms with Crippen LogP contribution >= 0.6 is 0 Å². The number of imidazole rings is 1. The molecule has 0 spiro atoms. The van der Waals surface area contributed by atoms with Gasteiger partial charge in [0.15, 0.2) is 0 Å². The summed E-state index contributed by atoms with van der Waals surface area (Å²) in [6.45, 7) is 5.97. The van der Waals surface area contributed by atoms with Crippen LogP contribution in [0.25, 0.3) is 5.76 Å². The first-order valence-electron chi connectivity index (χ1n) is 12.2. The molecule has 1 amide bonds. The third-order valence-electron chi connectivity index (χ3n) is 6.00. The number of amides is 1. The lowest BCUT2D eigenvalue weighted by atomic mass is 9.95. The minimum Gasteiger partial charge on any atom is -0.507 e. The van der Waals surface area contributed by atoms with E-state index in [1.54, 1.807) is 41.7 Å². The molecular weight excluding hydrogens is 458 g/mol. The zero-order valence-electron chi connectivity index (χ0n) is 20.6. The van der Waals surface area contributed by atoms with Crippen LogP contribution in [0.1, 0.15) is 43.9 Å². The average Bonchev–Trinajstić information content (AvgIpc) is 3.50. The summed E-state index contributed by atoms with van der Waals surface area (Å²) < 4.78 is 13.2. The monoisotopic (exact) mass is 489 g/mol. The van der Waals surface area contributed by atoms with Gasteiger partial charge in [0.1, 0.15) is 17.3 Å². The Morgan fingerprint density at radius 2 is 1.83 bits per heavy atom. The number of aromatic nitrogens is 2. The van der Waals surface area contributed by atoms with Gasteiger partial charge < -0.3 is 24.0 Å². The lowest BCUT2D eigenvalue weighted by molar-refractivity contribution is -0.139. The summed E-state index contributed by atoms with van der Waals surface area (Å²) in [7, 11) is 0. The fraction of sp³-hybridized carbons (Fsp3) is 0.321. The minimum atomic E-state index is -0.719. The van der Waals surface area contributed by atoms with E-state index in [2.05, 4.69) is 4.98 Å². The average molecular weight is 490 g/mol. The van der Waals surface area contributed by atoms with Gasteiger partial charge in [0.05, 0.1) is 31.2 Å². The molecule has 2 aromatic carbocycles. The van der Waals surface area contributed by atoms with E-state index >= 15 is 0 Å². The maximum atomic E-state index is 13.2. The summed E-state index contributed by atoms with van der Waals surface area (Å²) in [4.78, 5) is 32.0. The highest BCUT2D eigenvalue weighted by Gasteiger charge is 2.45. The molecule has 0 saturated carbocycles. The SMILES string of the molecule is CCCOc1ccc(C2/C(=C(\O)c3cccc(OCC)c3)C(=O)C(=O)N2CCCn2ccnc2)cc1. The molecule has 1 unspecified atom stereocenters. The van der Waals surface area contributed by atoms with Gasteiger partial charge in [0.25, 0.3) is 11.7 Å². The Bertz CT molecular complexity index is 1220. The first-order valence-corrected chi connectivity index (χ1v) is 12.2. The summed E-state index contributed by atoms with van der Waals surface area (Å²) >= 11 is 0. The summed E-state index contributed by atoms with van der Waals surface area (Å²) in [5.74, 6) is -0.261. The number of carbonyl (C=O) groups is 2. The predicted molar refractivity (Wildman–Crippen MR) is 136 cm³/mol. The highest BCUT2D eigenvalue weighted by molar-refractivity contribution is 6.46. The van der Waals surface area contributed by atoms with Gasteiger partial charge in [-0.3, -0.25) is 9.59 Å². The Morgan fingerprint density at radius 3 is 2.53 bits per heavy atom. The number of nitrogens with zero attached hydrogens (tertiary/aromatic N) is 3. The van der Waals surface area contributed by atoms with Crippen LogP contribution in [0, 0.1) is 0 Å². The number of Topliss-reactive ketones (excluding diaryl/α,β-unsaturated/α-hetero) is 1. The molecule has 0 aliphatic carbocycles. The number of aliphatic hydroxyl groups is 1. The Labute approximate surface area is 210 Å². The van der Waals surface area contributed by atoms with Gasteiger partial charge >= 0.3 is 0 Å². The quantitative estimate of drug-likeness (QED) is 0.241. The number of ether oxygens (including phenoxy) is 2. The molecule has 1 saturated heterocycles. The standard InChI is InChI=1S/C28H31N3O5/c1-3-17-36-22-11-9-20(10-12-22)25-24(26(32)21-7-5-8-23(18-21)35-4-2)27(33)28(34)31(25)15-6-14-30-16-13-29-19-30/h5,7-13,16,18-19,25,32H,3-4,6,14-15,17H2,1-2H3/b26-24+. The van der Waals surface area contributed by atoms with Crippen molar-refractivity contribution in [1.82, 2.24) is 14.5 Å². The molecule has 8 nitrogen and oxygen atoms in total. The van der Waals surface area contributed by atoms with Crippen LogP contribution < -0.4 is 9.47 Å². The van der Waals surface area contributed by atoms with Crippen LogP contribution in [0.5, 0.6) is 11.5 Å². The smallest absolute Gasteiger partial charge is 0.295 e. The largest absolute Gasteiger partial charge is 0.507 e. The van der Waals surface area contributed by atoms with Crippen LogP contribution in [-0.4, -0.2) is 51.0 Å². The van der Waals surface area contributed by atoms with Crippen molar-refractivity contribution in [2.45, 2.75) is 39.3 Å². The molecule has 3 aromatic rings. The number of carbonyl (C=O) groups excluding carboxylic acids is 2. The number of aliphatic hydroxyl groups excluding tert-OH is 1. The van der Waals surface area contributed by atoms with Gasteiger partial charge in [-0.25, -0.2) is 4.98 Å². The van der Waals surface area contributed by atoms with Crippen LogP contribution in [0.2, 0.25) is 0 Å². The van der Waals surface area contributed by atoms with Crippen molar-refractivity contribution in [2.24, 2.45) is 0 Å². The molecule has 0 bridgehead atoms. The van der Waals surface area contributed by atoms with Crippen molar-refractivity contribution < 1.29 is 24.2 Å². The van der Waals surface area contributed by atoms with Crippen molar-refractivity contribution in [3.05, 3.63) is 84.0 Å². The second-order valence-electron chi connectivity index (χ2n) is 8.52. The first-order chi connectivity index (χ1) is 17.5. The number of benzene rings is 2. The fourth-order valence-corrected chi connectivity index (χ4v) is 4.32. The van der Waals surface area contributed by atoms with Crippen molar-refractivity contribution >= 4 is 17.4 Å². The maximum absolute atomic E-state index is 13.2. The van der Waals surface area contributed by atoms with Crippen molar-refractivity contribution in [3.8, 4) is 11.5 Å². The molecular formula is C28H31N3O5.